The number of nitrogens with zero attached hydrogens (tertiary/aromatic N) is 1. The molecule has 0 saturated heterocycles. The number of hydrogen-bond donors (Lipinski definition) is 2. The average molecular weight is 260 g/mol. The van der Waals surface area contributed by atoms with E-state index in [1.165, 1.54) is 0 Å². The minimum atomic E-state index is -0.805. The highest BCUT2D eigenvalue weighted by atomic mass is 16.5. The standard InChI is InChI=1S/C15H20N2O2/c1-15(18,11-16)8-4-10-19-13-7-2-5-12-6-3-9-17-14(12)13/h2-3,5-7,9,18H,4,8,10-11,16H2,1H3. The van der Waals surface area contributed by atoms with Crippen LogP contribution >= 0.6 is 0 Å². The second-order valence-electron chi connectivity index (χ2n) is 4.98. The summed E-state index contributed by atoms with van der Waals surface area (Å²) >= 11 is 0. The Bertz CT molecular complexity index is 535. The molecule has 0 aliphatic heterocycles. The van der Waals surface area contributed by atoms with E-state index in [2.05, 4.69) is 4.98 Å². The van der Waals surface area contributed by atoms with E-state index >= 15 is 0 Å². The van der Waals surface area contributed by atoms with Gasteiger partial charge in [-0.2, -0.15) is 0 Å². The lowest BCUT2D eigenvalue weighted by atomic mass is 10.0. The van der Waals surface area contributed by atoms with E-state index in [-0.39, 0.29) is 6.54 Å². The number of ether oxygens (including phenoxy) is 1. The van der Waals surface area contributed by atoms with Gasteiger partial charge in [-0.15, -0.1) is 0 Å². The summed E-state index contributed by atoms with van der Waals surface area (Å²) in [5, 5.41) is 10.9. The second kappa shape index (κ2) is 5.99. The number of pyridine rings is 1. The Morgan fingerprint density at radius 2 is 2.11 bits per heavy atom. The summed E-state index contributed by atoms with van der Waals surface area (Å²) < 4.78 is 5.74. The highest BCUT2D eigenvalue weighted by molar-refractivity contribution is 5.84. The van der Waals surface area contributed by atoms with Gasteiger partial charge in [-0.3, -0.25) is 4.98 Å². The van der Waals surface area contributed by atoms with Crippen molar-refractivity contribution in [3.63, 3.8) is 0 Å². The maximum Gasteiger partial charge on any atom is 0.145 e. The lowest BCUT2D eigenvalue weighted by Gasteiger charge is -2.20. The number of rotatable bonds is 6. The number of hydrogen-bond acceptors (Lipinski definition) is 4. The highest BCUT2D eigenvalue weighted by Gasteiger charge is 2.17. The van der Waals surface area contributed by atoms with Crippen molar-refractivity contribution in [1.29, 1.82) is 0 Å². The summed E-state index contributed by atoms with van der Waals surface area (Å²) in [6.07, 6.45) is 3.14. The van der Waals surface area contributed by atoms with E-state index in [0.29, 0.717) is 13.0 Å². The molecule has 1 aromatic carbocycles. The topological polar surface area (TPSA) is 68.4 Å². The van der Waals surface area contributed by atoms with Crippen molar-refractivity contribution in [2.45, 2.75) is 25.4 Å². The third-order valence-corrected chi connectivity index (χ3v) is 3.15. The third kappa shape index (κ3) is 3.66. The Morgan fingerprint density at radius 1 is 1.32 bits per heavy atom. The van der Waals surface area contributed by atoms with Gasteiger partial charge in [-0.1, -0.05) is 18.2 Å². The van der Waals surface area contributed by atoms with E-state index in [4.69, 9.17) is 10.5 Å². The molecule has 0 aliphatic rings. The molecule has 102 valence electrons. The van der Waals surface area contributed by atoms with E-state index in [0.717, 1.165) is 23.1 Å². The molecule has 0 radical (unpaired) electrons. The van der Waals surface area contributed by atoms with Crippen molar-refractivity contribution in [1.82, 2.24) is 4.98 Å². The summed E-state index contributed by atoms with van der Waals surface area (Å²) in [5.41, 5.74) is 5.54. The first-order chi connectivity index (χ1) is 9.12. The van der Waals surface area contributed by atoms with Crippen LogP contribution in [0.25, 0.3) is 10.9 Å². The van der Waals surface area contributed by atoms with Crippen molar-refractivity contribution in [3.05, 3.63) is 36.5 Å². The van der Waals surface area contributed by atoms with Crippen LogP contribution in [0.15, 0.2) is 36.5 Å². The van der Waals surface area contributed by atoms with Gasteiger partial charge in [0, 0.05) is 18.1 Å². The molecule has 19 heavy (non-hydrogen) atoms. The normalized spacial score (nSPS) is 14.3. The molecule has 3 N–H and O–H groups in total. The molecule has 4 nitrogen and oxygen atoms in total. The van der Waals surface area contributed by atoms with Gasteiger partial charge < -0.3 is 15.6 Å². The van der Waals surface area contributed by atoms with E-state index in [1.54, 1.807) is 13.1 Å². The van der Waals surface area contributed by atoms with E-state index < -0.39 is 5.60 Å². The summed E-state index contributed by atoms with van der Waals surface area (Å²) in [4.78, 5) is 4.33. The van der Waals surface area contributed by atoms with Crippen molar-refractivity contribution < 1.29 is 9.84 Å². The molecule has 2 aromatic rings. The van der Waals surface area contributed by atoms with Gasteiger partial charge in [0.05, 0.1) is 12.2 Å². The SMILES string of the molecule is CC(O)(CN)CCCOc1cccc2cccnc12. The van der Waals surface area contributed by atoms with Gasteiger partial charge in [0.25, 0.3) is 0 Å². The fraction of sp³-hybridized carbons (Fsp3) is 0.400. The average Bonchev–Trinajstić information content (AvgIpc) is 2.44. The lowest BCUT2D eigenvalue weighted by Crippen LogP contribution is -2.34. The fourth-order valence-electron chi connectivity index (χ4n) is 1.93. The molecule has 0 spiro atoms. The smallest absolute Gasteiger partial charge is 0.145 e. The fourth-order valence-corrected chi connectivity index (χ4v) is 1.93. The molecule has 1 unspecified atom stereocenters. The van der Waals surface area contributed by atoms with Gasteiger partial charge in [-0.05, 0) is 31.9 Å². The number of fused-ring (bicyclic) bond motifs is 1. The van der Waals surface area contributed by atoms with Crippen LogP contribution < -0.4 is 10.5 Å². The zero-order chi connectivity index (χ0) is 13.7. The molecule has 1 heterocycles. The van der Waals surface area contributed by atoms with Crippen molar-refractivity contribution in [3.8, 4) is 5.75 Å². The predicted molar refractivity (Wildman–Crippen MR) is 76.2 cm³/mol. The minimum absolute atomic E-state index is 0.267. The first-order valence-corrected chi connectivity index (χ1v) is 6.51. The van der Waals surface area contributed by atoms with Crippen LogP contribution in [0.4, 0.5) is 0 Å². The van der Waals surface area contributed by atoms with Crippen LogP contribution in [0.1, 0.15) is 19.8 Å². The quantitative estimate of drug-likeness (QED) is 0.780. The molecule has 0 aliphatic carbocycles. The van der Waals surface area contributed by atoms with Crippen LogP contribution in [0.3, 0.4) is 0 Å². The molecule has 0 bridgehead atoms. The molecule has 1 atom stereocenters. The molecule has 4 heteroatoms. The maximum absolute atomic E-state index is 9.80. The molecule has 0 saturated carbocycles. The lowest BCUT2D eigenvalue weighted by molar-refractivity contribution is 0.0536. The number of aromatic nitrogens is 1. The first kappa shape index (κ1) is 13.8. The number of aliphatic hydroxyl groups is 1. The van der Waals surface area contributed by atoms with Crippen LogP contribution in [-0.2, 0) is 0 Å². The largest absolute Gasteiger partial charge is 0.491 e. The van der Waals surface area contributed by atoms with Crippen molar-refractivity contribution in [2.75, 3.05) is 13.2 Å². The zero-order valence-electron chi connectivity index (χ0n) is 11.2. The number of para-hydroxylation sites is 1. The summed E-state index contributed by atoms with van der Waals surface area (Å²) in [7, 11) is 0. The van der Waals surface area contributed by atoms with Crippen molar-refractivity contribution in [2.24, 2.45) is 5.73 Å². The second-order valence-corrected chi connectivity index (χ2v) is 4.98. The van der Waals surface area contributed by atoms with Gasteiger partial charge in [0.1, 0.15) is 11.3 Å². The Morgan fingerprint density at radius 3 is 2.89 bits per heavy atom. The summed E-state index contributed by atoms with van der Waals surface area (Å²) in [5.74, 6) is 0.783. The summed E-state index contributed by atoms with van der Waals surface area (Å²) in [6, 6.07) is 9.79. The monoisotopic (exact) mass is 260 g/mol. The first-order valence-electron chi connectivity index (χ1n) is 6.51. The van der Waals surface area contributed by atoms with E-state index in [9.17, 15) is 5.11 Å². The van der Waals surface area contributed by atoms with Gasteiger partial charge >= 0.3 is 0 Å². The minimum Gasteiger partial charge on any atom is -0.491 e. The third-order valence-electron chi connectivity index (χ3n) is 3.15. The van der Waals surface area contributed by atoms with E-state index in [1.807, 2.05) is 30.3 Å². The molecular weight excluding hydrogens is 240 g/mol. The molecule has 0 fully saturated rings. The Labute approximate surface area is 113 Å². The number of nitrogens with two attached hydrogens (primary N) is 1. The Hall–Kier alpha value is -1.65. The van der Waals surface area contributed by atoms with Crippen LogP contribution in [0.5, 0.6) is 5.75 Å². The Balaban J connectivity index is 1.95. The Kier molecular flexibility index (Phi) is 4.35. The van der Waals surface area contributed by atoms with Gasteiger partial charge in [0.15, 0.2) is 0 Å². The highest BCUT2D eigenvalue weighted by Crippen LogP contribution is 2.23. The molecule has 1 aromatic heterocycles. The molecule has 2 rings (SSSR count). The van der Waals surface area contributed by atoms with Gasteiger partial charge in [-0.25, -0.2) is 0 Å². The van der Waals surface area contributed by atoms with Crippen LogP contribution in [0.2, 0.25) is 0 Å². The van der Waals surface area contributed by atoms with Gasteiger partial charge in [0.2, 0.25) is 0 Å². The van der Waals surface area contributed by atoms with Crippen LogP contribution in [0, 0.1) is 0 Å². The summed E-state index contributed by atoms with van der Waals surface area (Å²) in [6.45, 7) is 2.56. The zero-order valence-corrected chi connectivity index (χ0v) is 11.2. The maximum atomic E-state index is 9.80. The van der Waals surface area contributed by atoms with Crippen LogP contribution in [-0.4, -0.2) is 28.8 Å². The molecule has 0 amide bonds. The number of benzene rings is 1. The predicted octanol–water partition coefficient (Wildman–Crippen LogP) is 2.10. The molecular formula is C15H20N2O2. The van der Waals surface area contributed by atoms with Crippen molar-refractivity contribution >= 4 is 10.9 Å².